The fourth-order valence-electron chi connectivity index (χ4n) is 1.70. The number of hydrogen-bond acceptors (Lipinski definition) is 3. The van der Waals surface area contributed by atoms with Crippen LogP contribution in [-0.4, -0.2) is 42.2 Å². The molecule has 0 fully saturated rings. The minimum Gasteiger partial charge on any atom is -0.392 e. The summed E-state index contributed by atoms with van der Waals surface area (Å²) >= 11 is 0. The molecule has 0 saturated carbocycles. The van der Waals surface area contributed by atoms with Crippen LogP contribution in [0.15, 0.2) is 24.3 Å². The first kappa shape index (κ1) is 14.5. The molecule has 0 spiro atoms. The van der Waals surface area contributed by atoms with Crippen molar-refractivity contribution in [2.24, 2.45) is 0 Å². The third-order valence-electron chi connectivity index (χ3n) is 2.60. The van der Waals surface area contributed by atoms with Crippen molar-refractivity contribution < 1.29 is 9.90 Å². The van der Waals surface area contributed by atoms with Crippen LogP contribution in [0.3, 0.4) is 0 Å². The first-order chi connectivity index (χ1) is 8.54. The third kappa shape index (κ3) is 4.37. The summed E-state index contributed by atoms with van der Waals surface area (Å²) in [7, 11) is 1.69. The Bertz CT molecular complexity index is 374. The number of anilines is 1. The Kier molecular flexibility index (Phi) is 5.65. The van der Waals surface area contributed by atoms with Crippen molar-refractivity contribution in [2.75, 3.05) is 25.5 Å². The molecule has 1 rings (SSSR count). The molecule has 0 aliphatic rings. The number of nitrogens with zero attached hydrogens (tertiary/aromatic N) is 1. The van der Waals surface area contributed by atoms with Gasteiger partial charge < -0.3 is 15.3 Å². The molecule has 0 aromatic heterocycles. The molecule has 4 heteroatoms. The molecule has 1 aromatic rings. The van der Waals surface area contributed by atoms with Crippen molar-refractivity contribution in [3.05, 3.63) is 29.8 Å². The molecule has 0 heterocycles. The minimum absolute atomic E-state index is 0.0714. The number of nitrogens with one attached hydrogen (secondary N) is 1. The zero-order chi connectivity index (χ0) is 13.5. The van der Waals surface area contributed by atoms with Crippen LogP contribution >= 0.6 is 0 Å². The summed E-state index contributed by atoms with van der Waals surface area (Å²) < 4.78 is 0. The summed E-state index contributed by atoms with van der Waals surface area (Å²) in [6.07, 6.45) is 0.557. The van der Waals surface area contributed by atoms with Gasteiger partial charge in [-0.1, -0.05) is 6.92 Å². The Balaban J connectivity index is 2.63. The van der Waals surface area contributed by atoms with Crippen LogP contribution in [-0.2, 0) is 0 Å². The smallest absolute Gasteiger partial charge is 0.253 e. The Labute approximate surface area is 109 Å². The number of aliphatic hydroxyl groups is 1. The zero-order valence-corrected chi connectivity index (χ0v) is 11.3. The van der Waals surface area contributed by atoms with E-state index in [0.29, 0.717) is 12.1 Å². The Morgan fingerprint density at radius 2 is 2.00 bits per heavy atom. The van der Waals surface area contributed by atoms with E-state index in [-0.39, 0.29) is 5.91 Å². The number of hydrogen-bond donors (Lipinski definition) is 2. The average Bonchev–Trinajstić information content (AvgIpc) is 2.35. The van der Waals surface area contributed by atoms with Crippen molar-refractivity contribution >= 4 is 11.6 Å². The van der Waals surface area contributed by atoms with Gasteiger partial charge in [-0.05, 0) is 37.6 Å². The van der Waals surface area contributed by atoms with Gasteiger partial charge in [-0.3, -0.25) is 4.79 Å². The van der Waals surface area contributed by atoms with Crippen LogP contribution in [0.4, 0.5) is 5.69 Å². The number of carbonyl (C=O) groups is 1. The molecule has 1 atom stereocenters. The van der Waals surface area contributed by atoms with Crippen molar-refractivity contribution in [3.63, 3.8) is 0 Å². The molecular weight excluding hydrogens is 228 g/mol. The van der Waals surface area contributed by atoms with Gasteiger partial charge in [0.05, 0.1) is 6.10 Å². The average molecular weight is 250 g/mol. The van der Waals surface area contributed by atoms with Gasteiger partial charge in [0.25, 0.3) is 5.91 Å². The highest BCUT2D eigenvalue weighted by molar-refractivity contribution is 5.94. The molecule has 0 aliphatic carbocycles. The van der Waals surface area contributed by atoms with E-state index in [1.165, 1.54) is 4.90 Å². The largest absolute Gasteiger partial charge is 0.392 e. The van der Waals surface area contributed by atoms with Crippen molar-refractivity contribution in [1.29, 1.82) is 0 Å². The monoisotopic (exact) mass is 250 g/mol. The van der Waals surface area contributed by atoms with E-state index >= 15 is 0 Å². The standard InChI is InChI=1S/C14H22N2O2/c1-4-9-15-13-7-5-12(6-8-13)14(18)16(3)10-11(2)17/h5-8,11,15,17H,4,9-10H2,1-3H3. The second-order valence-electron chi connectivity index (χ2n) is 4.54. The predicted octanol–water partition coefficient (Wildman–Crippen LogP) is 1.96. The molecule has 0 bridgehead atoms. The van der Waals surface area contributed by atoms with E-state index in [4.69, 9.17) is 0 Å². The topological polar surface area (TPSA) is 52.6 Å². The lowest BCUT2D eigenvalue weighted by Crippen LogP contribution is -2.32. The van der Waals surface area contributed by atoms with Crippen LogP contribution in [0.2, 0.25) is 0 Å². The maximum Gasteiger partial charge on any atom is 0.253 e. The molecule has 0 aliphatic heterocycles. The van der Waals surface area contributed by atoms with E-state index in [2.05, 4.69) is 12.2 Å². The molecule has 18 heavy (non-hydrogen) atoms. The van der Waals surface area contributed by atoms with Gasteiger partial charge in [-0.2, -0.15) is 0 Å². The highest BCUT2D eigenvalue weighted by atomic mass is 16.3. The van der Waals surface area contributed by atoms with Gasteiger partial charge in [0.2, 0.25) is 0 Å². The molecule has 2 N–H and O–H groups in total. The molecule has 0 radical (unpaired) electrons. The fraction of sp³-hybridized carbons (Fsp3) is 0.500. The maximum absolute atomic E-state index is 12.0. The van der Waals surface area contributed by atoms with Gasteiger partial charge in [-0.25, -0.2) is 0 Å². The molecule has 0 saturated heterocycles. The first-order valence-electron chi connectivity index (χ1n) is 6.32. The number of amides is 1. The summed E-state index contributed by atoms with van der Waals surface area (Å²) in [5.74, 6) is -0.0714. The summed E-state index contributed by atoms with van der Waals surface area (Å²) in [5, 5.41) is 12.5. The Morgan fingerprint density at radius 1 is 1.39 bits per heavy atom. The van der Waals surface area contributed by atoms with Crippen LogP contribution in [0.1, 0.15) is 30.6 Å². The van der Waals surface area contributed by atoms with Crippen LogP contribution < -0.4 is 5.32 Å². The summed E-state index contributed by atoms with van der Waals surface area (Å²) in [4.78, 5) is 13.5. The van der Waals surface area contributed by atoms with E-state index in [0.717, 1.165) is 18.7 Å². The molecule has 100 valence electrons. The lowest BCUT2D eigenvalue weighted by atomic mass is 10.1. The third-order valence-corrected chi connectivity index (χ3v) is 2.60. The lowest BCUT2D eigenvalue weighted by molar-refractivity contribution is 0.0704. The second-order valence-corrected chi connectivity index (χ2v) is 4.54. The van der Waals surface area contributed by atoms with E-state index in [9.17, 15) is 9.90 Å². The molecule has 4 nitrogen and oxygen atoms in total. The molecule has 1 unspecified atom stereocenters. The summed E-state index contributed by atoms with van der Waals surface area (Å²) in [6.45, 7) is 5.04. The van der Waals surface area contributed by atoms with E-state index < -0.39 is 6.10 Å². The highest BCUT2D eigenvalue weighted by Gasteiger charge is 2.12. The lowest BCUT2D eigenvalue weighted by Gasteiger charge is -2.19. The molecular formula is C14H22N2O2. The number of aliphatic hydroxyl groups excluding tert-OH is 1. The minimum atomic E-state index is -0.510. The molecule has 1 aromatic carbocycles. The van der Waals surface area contributed by atoms with E-state index in [1.54, 1.807) is 26.1 Å². The van der Waals surface area contributed by atoms with E-state index in [1.807, 2.05) is 12.1 Å². The van der Waals surface area contributed by atoms with Gasteiger partial charge in [-0.15, -0.1) is 0 Å². The van der Waals surface area contributed by atoms with Gasteiger partial charge in [0, 0.05) is 31.4 Å². The number of rotatable bonds is 6. The molecule has 1 amide bonds. The fourth-order valence-corrected chi connectivity index (χ4v) is 1.70. The van der Waals surface area contributed by atoms with Crippen LogP contribution in [0.25, 0.3) is 0 Å². The quantitative estimate of drug-likeness (QED) is 0.811. The zero-order valence-electron chi connectivity index (χ0n) is 11.3. The summed E-state index contributed by atoms with van der Waals surface area (Å²) in [5.41, 5.74) is 1.66. The first-order valence-corrected chi connectivity index (χ1v) is 6.32. The van der Waals surface area contributed by atoms with Gasteiger partial charge >= 0.3 is 0 Å². The highest BCUT2D eigenvalue weighted by Crippen LogP contribution is 2.11. The van der Waals surface area contributed by atoms with Crippen LogP contribution in [0.5, 0.6) is 0 Å². The van der Waals surface area contributed by atoms with Crippen molar-refractivity contribution in [3.8, 4) is 0 Å². The Hall–Kier alpha value is -1.55. The van der Waals surface area contributed by atoms with Gasteiger partial charge in [0.1, 0.15) is 0 Å². The van der Waals surface area contributed by atoms with Crippen LogP contribution in [0, 0.1) is 0 Å². The van der Waals surface area contributed by atoms with Crippen molar-refractivity contribution in [1.82, 2.24) is 4.90 Å². The maximum atomic E-state index is 12.0. The van der Waals surface area contributed by atoms with Gasteiger partial charge in [0.15, 0.2) is 0 Å². The predicted molar refractivity (Wildman–Crippen MR) is 73.9 cm³/mol. The number of likely N-dealkylation sites (N-methyl/N-ethyl adjacent to an activating group) is 1. The van der Waals surface area contributed by atoms with Crippen molar-refractivity contribution in [2.45, 2.75) is 26.4 Å². The Morgan fingerprint density at radius 3 is 2.50 bits per heavy atom. The summed E-state index contributed by atoms with van der Waals surface area (Å²) in [6, 6.07) is 7.41. The number of carbonyl (C=O) groups excluding carboxylic acids is 1. The normalized spacial score (nSPS) is 12.0. The number of benzene rings is 1. The second kappa shape index (κ2) is 7.01. The SMILES string of the molecule is CCCNc1ccc(C(=O)N(C)CC(C)O)cc1.